The van der Waals surface area contributed by atoms with Gasteiger partial charge >= 0.3 is 0 Å². The maximum absolute atomic E-state index is 12.2. The Bertz CT molecular complexity index is 1860. The predicted octanol–water partition coefficient (Wildman–Crippen LogP) is 19.7. The van der Waals surface area contributed by atoms with Crippen LogP contribution in [-0.2, 0) is 24.0 Å². The maximum atomic E-state index is 12.2. The van der Waals surface area contributed by atoms with Crippen LogP contribution in [-0.4, -0.2) is 75.6 Å². The minimum atomic E-state index is -0.172. The summed E-state index contributed by atoms with van der Waals surface area (Å²) in [4.78, 5) is 62.5. The molecule has 0 unspecified atom stereocenters. The third-order valence-electron chi connectivity index (χ3n) is 17.3. The van der Waals surface area contributed by atoms with Crippen molar-refractivity contribution in [3.8, 4) is 0 Å². The van der Waals surface area contributed by atoms with Gasteiger partial charge in [0.1, 0.15) is 28.9 Å². The molecular formula is C74H143N3O5. The van der Waals surface area contributed by atoms with Gasteiger partial charge in [-0.3, -0.25) is 28.9 Å². The molecule has 0 amide bonds. The molecule has 0 bridgehead atoms. The normalized spacial score (nSPS) is 23.2. The highest BCUT2D eigenvalue weighted by atomic mass is 16.1. The lowest BCUT2D eigenvalue weighted by Gasteiger charge is -2.41. The van der Waals surface area contributed by atoms with Crippen molar-refractivity contribution in [2.24, 2.45) is 67.5 Å². The molecular weight excluding hydrogens is 1010 g/mol. The van der Waals surface area contributed by atoms with Crippen molar-refractivity contribution in [2.45, 2.75) is 365 Å². The predicted molar refractivity (Wildman–Crippen MR) is 356 cm³/mol. The first-order valence-electron chi connectivity index (χ1n) is 33.5. The standard InChI is InChI=1S/C17H32O.C16H31NO.2C15H29NO.C11H22O/c1-16(2,3)12-11-13-7-9-14(10-8-13)15(18)17(4,5)6;1-15(2,3)14(18)11-12-7-9-13(10-8-12)17-16(4,5)6;1-14(2,3)13(17)11-12-7-9-16(10-8-12)15(4,5)6;1-14(2,3)13(17)11-7-9-12(10-8-11)16-15(4,5)6;1-10(2,3)8-7-9(12)11(4,5)6/h13-14H,7-12H2,1-6H3;12-13,17H,7-11H2,1-6H3;12H,7-11H2,1-6H3;11-12,16H,7-10H2,1-6H3;7-8H2,1-6H3. The van der Waals surface area contributed by atoms with Crippen LogP contribution in [0.1, 0.15) is 336 Å². The van der Waals surface area contributed by atoms with E-state index in [1.807, 2.05) is 83.1 Å². The minimum Gasteiger partial charge on any atom is -0.309 e. The van der Waals surface area contributed by atoms with Gasteiger partial charge in [-0.05, 0) is 213 Å². The summed E-state index contributed by atoms with van der Waals surface area (Å²) in [6.07, 6.45) is 22.3. The van der Waals surface area contributed by atoms with Crippen LogP contribution in [0.15, 0.2) is 0 Å². The van der Waals surface area contributed by atoms with Crippen molar-refractivity contribution in [1.29, 1.82) is 0 Å². The zero-order valence-electron chi connectivity index (χ0n) is 60.6. The van der Waals surface area contributed by atoms with Crippen LogP contribution >= 0.6 is 0 Å². The number of rotatable bonds is 12. The lowest BCUT2D eigenvalue weighted by atomic mass is 9.72. The highest BCUT2D eigenvalue weighted by Gasteiger charge is 2.36. The van der Waals surface area contributed by atoms with Gasteiger partial charge in [0, 0.05) is 86.9 Å². The molecule has 4 fully saturated rings. The van der Waals surface area contributed by atoms with Gasteiger partial charge in [0.05, 0.1) is 0 Å². The molecule has 0 aromatic carbocycles. The Hall–Kier alpha value is -1.77. The molecule has 1 saturated heterocycles. The van der Waals surface area contributed by atoms with E-state index in [-0.39, 0.29) is 49.1 Å². The maximum Gasteiger partial charge on any atom is 0.141 e. The van der Waals surface area contributed by atoms with Crippen LogP contribution < -0.4 is 10.6 Å². The molecule has 3 saturated carbocycles. The monoisotopic (exact) mass is 1150 g/mol. The second kappa shape index (κ2) is 33.0. The highest BCUT2D eigenvalue weighted by molar-refractivity contribution is 5.87. The van der Waals surface area contributed by atoms with Crippen molar-refractivity contribution in [3.63, 3.8) is 0 Å². The van der Waals surface area contributed by atoms with Crippen molar-refractivity contribution < 1.29 is 24.0 Å². The molecule has 0 spiro atoms. The molecule has 0 aromatic heterocycles. The Kier molecular flexibility index (Phi) is 32.3. The fourth-order valence-corrected chi connectivity index (χ4v) is 11.6. The molecule has 0 atom stereocenters. The van der Waals surface area contributed by atoms with E-state index in [0.29, 0.717) is 76.5 Å². The Morgan fingerprint density at radius 2 is 0.634 bits per heavy atom. The highest BCUT2D eigenvalue weighted by Crippen LogP contribution is 2.38. The average molecular weight is 1150 g/mol. The summed E-state index contributed by atoms with van der Waals surface area (Å²) in [7, 11) is 0. The molecule has 0 radical (unpaired) electrons. The van der Waals surface area contributed by atoms with E-state index in [0.717, 1.165) is 76.8 Å². The van der Waals surface area contributed by atoms with Crippen LogP contribution in [0.2, 0.25) is 0 Å². The van der Waals surface area contributed by atoms with Crippen molar-refractivity contribution in [3.05, 3.63) is 0 Å². The van der Waals surface area contributed by atoms with Crippen LogP contribution in [0.3, 0.4) is 0 Å². The van der Waals surface area contributed by atoms with E-state index >= 15 is 0 Å². The zero-order valence-corrected chi connectivity index (χ0v) is 60.6. The summed E-state index contributed by atoms with van der Waals surface area (Å²) in [5.74, 6) is 4.90. The second-order valence-electron chi connectivity index (χ2n) is 37.2. The largest absolute Gasteiger partial charge is 0.309 e. The molecule has 82 heavy (non-hydrogen) atoms. The number of nitrogens with zero attached hydrogens (tertiary/aromatic N) is 1. The molecule has 8 nitrogen and oxygen atoms in total. The van der Waals surface area contributed by atoms with Gasteiger partial charge in [-0.25, -0.2) is 0 Å². The number of carbonyl (C=O) groups excluding carboxylic acids is 5. The summed E-state index contributed by atoms with van der Waals surface area (Å²) >= 11 is 0. The first kappa shape index (κ1) is 80.2. The fraction of sp³-hybridized carbons (Fsp3) is 0.932. The Morgan fingerprint density at radius 3 is 0.915 bits per heavy atom. The number of likely N-dealkylation sites (tertiary alicyclic amines) is 1. The Morgan fingerprint density at radius 1 is 0.341 bits per heavy atom. The third kappa shape index (κ3) is 37.0. The fourth-order valence-electron chi connectivity index (χ4n) is 11.6. The van der Waals surface area contributed by atoms with Crippen LogP contribution in [0.4, 0.5) is 0 Å². The van der Waals surface area contributed by atoms with E-state index in [2.05, 4.69) is 140 Å². The SMILES string of the molecule is CC(C)(C)C(=O)CC1CCN(C(C)(C)C)CC1.CC(C)(C)CCC(=O)C(C)(C)C.CC(C)(C)CCC1CCC(C(=O)C(C)(C)C)CC1.CC(C)(C)NC1CCC(C(=O)C(C)(C)C)CC1.CC(C)(C)NC1CCC(CC(=O)C(C)(C)C)CC1. The third-order valence-corrected chi connectivity index (χ3v) is 17.3. The topological polar surface area (TPSA) is 113 Å². The van der Waals surface area contributed by atoms with Gasteiger partial charge in [0.15, 0.2) is 0 Å². The van der Waals surface area contributed by atoms with Crippen LogP contribution in [0.5, 0.6) is 0 Å². The number of carbonyl (C=O) groups is 5. The van der Waals surface area contributed by atoms with Crippen molar-refractivity contribution in [2.75, 3.05) is 13.1 Å². The van der Waals surface area contributed by atoms with E-state index in [1.54, 1.807) is 0 Å². The summed E-state index contributed by atoms with van der Waals surface area (Å²) in [6.45, 7) is 66.3. The molecule has 4 aliphatic rings. The smallest absolute Gasteiger partial charge is 0.141 e. The number of piperidine rings is 1. The molecule has 0 aromatic rings. The van der Waals surface area contributed by atoms with Gasteiger partial charge < -0.3 is 10.6 Å². The molecule has 1 aliphatic heterocycles. The average Bonchev–Trinajstić information content (AvgIpc) is 3.28. The van der Waals surface area contributed by atoms with Crippen LogP contribution in [0, 0.1) is 67.5 Å². The molecule has 484 valence electrons. The first-order chi connectivity index (χ1) is 36.5. The summed E-state index contributed by atoms with van der Waals surface area (Å²) in [6, 6.07) is 1.24. The van der Waals surface area contributed by atoms with E-state index in [4.69, 9.17) is 0 Å². The van der Waals surface area contributed by atoms with Gasteiger partial charge in [-0.2, -0.15) is 0 Å². The lowest BCUT2D eigenvalue weighted by molar-refractivity contribution is -0.132. The van der Waals surface area contributed by atoms with Crippen LogP contribution in [0.25, 0.3) is 0 Å². The molecule has 3 aliphatic carbocycles. The first-order valence-corrected chi connectivity index (χ1v) is 33.5. The van der Waals surface area contributed by atoms with Gasteiger partial charge in [-0.1, -0.05) is 145 Å². The van der Waals surface area contributed by atoms with E-state index in [9.17, 15) is 24.0 Å². The second-order valence-corrected chi connectivity index (χ2v) is 37.2. The Labute approximate surface area is 511 Å². The number of Topliss-reactive ketones (excluding diaryl/α,β-unsaturated/α-hetero) is 5. The molecule has 4 rings (SSSR count). The zero-order chi connectivity index (χ0) is 64.5. The number of ketones is 5. The molecule has 2 N–H and O–H groups in total. The van der Waals surface area contributed by atoms with Crippen molar-refractivity contribution >= 4 is 28.9 Å². The number of hydrogen-bond acceptors (Lipinski definition) is 8. The van der Waals surface area contributed by atoms with E-state index < -0.39 is 0 Å². The van der Waals surface area contributed by atoms with Crippen molar-refractivity contribution in [1.82, 2.24) is 15.5 Å². The Balaban J connectivity index is 0.00000101. The van der Waals surface area contributed by atoms with Gasteiger partial charge in [0.25, 0.3) is 0 Å². The summed E-state index contributed by atoms with van der Waals surface area (Å²) in [5.41, 5.74) is 0.590. The summed E-state index contributed by atoms with van der Waals surface area (Å²) in [5, 5.41) is 7.32. The van der Waals surface area contributed by atoms with Gasteiger partial charge in [0.2, 0.25) is 0 Å². The summed E-state index contributed by atoms with van der Waals surface area (Å²) < 4.78 is 0. The number of hydrogen-bond donors (Lipinski definition) is 2. The minimum absolute atomic E-state index is 0.150. The molecule has 8 heteroatoms. The lowest BCUT2D eigenvalue weighted by Crippen LogP contribution is -2.46. The number of nitrogens with one attached hydrogen (secondary N) is 2. The van der Waals surface area contributed by atoms with E-state index in [1.165, 1.54) is 64.2 Å². The quantitative estimate of drug-likeness (QED) is 0.199. The van der Waals surface area contributed by atoms with Gasteiger partial charge in [-0.15, -0.1) is 0 Å². The molecule has 1 heterocycles.